The Labute approximate surface area is 139 Å². The van der Waals surface area contributed by atoms with Crippen LogP contribution in [0.3, 0.4) is 0 Å². The number of halogens is 2. The maximum atomic E-state index is 13.6. The van der Waals surface area contributed by atoms with Gasteiger partial charge in [-0.3, -0.25) is 10.1 Å². The van der Waals surface area contributed by atoms with Crippen LogP contribution in [0.25, 0.3) is 0 Å². The van der Waals surface area contributed by atoms with Gasteiger partial charge in [0.15, 0.2) is 5.75 Å². The van der Waals surface area contributed by atoms with Crippen LogP contribution < -0.4 is 4.74 Å². The molecule has 6 nitrogen and oxygen atoms in total. The second-order valence-electron chi connectivity index (χ2n) is 4.46. The van der Waals surface area contributed by atoms with Crippen molar-refractivity contribution >= 4 is 27.6 Å². The van der Waals surface area contributed by atoms with Crippen LogP contribution in [0, 0.1) is 15.9 Å². The van der Waals surface area contributed by atoms with Crippen molar-refractivity contribution in [1.29, 1.82) is 0 Å². The summed E-state index contributed by atoms with van der Waals surface area (Å²) in [6, 6.07) is 8.04. The van der Waals surface area contributed by atoms with Crippen LogP contribution in [-0.4, -0.2) is 18.0 Å². The number of hydrogen-bond donors (Lipinski definition) is 0. The van der Waals surface area contributed by atoms with E-state index in [4.69, 9.17) is 9.47 Å². The van der Waals surface area contributed by atoms with Crippen LogP contribution in [0.2, 0.25) is 0 Å². The predicted octanol–water partition coefficient (Wildman–Crippen LogP) is 3.86. The number of carbonyl (C=O) groups excluding carboxylic acids is 1. The molecule has 0 atom stereocenters. The molecule has 2 rings (SSSR count). The van der Waals surface area contributed by atoms with Crippen LogP contribution in [-0.2, 0) is 11.3 Å². The fourth-order valence-corrected chi connectivity index (χ4v) is 2.16. The molecule has 0 aliphatic rings. The average molecular weight is 384 g/mol. The first-order valence-electron chi connectivity index (χ1n) is 6.36. The summed E-state index contributed by atoms with van der Waals surface area (Å²) in [5.41, 5.74) is -0.170. The van der Waals surface area contributed by atoms with Gasteiger partial charge in [-0.2, -0.15) is 0 Å². The topological polar surface area (TPSA) is 78.7 Å². The number of rotatable bonds is 5. The van der Waals surface area contributed by atoms with E-state index in [2.05, 4.69) is 15.9 Å². The minimum atomic E-state index is -0.793. The summed E-state index contributed by atoms with van der Waals surface area (Å²) < 4.78 is 24.0. The summed E-state index contributed by atoms with van der Waals surface area (Å²) in [4.78, 5) is 22.2. The standard InChI is InChI=1S/C15H11BrFNO5/c1-22-14-5-3-9(6-13(14)18(20)21)15(19)23-8-10-2-4-11(16)7-12(10)17/h2-7H,8H2,1H3. The number of ether oxygens (including phenoxy) is 2. The van der Waals surface area contributed by atoms with Crippen LogP contribution in [0.4, 0.5) is 10.1 Å². The molecule has 0 fully saturated rings. The Balaban J connectivity index is 2.14. The van der Waals surface area contributed by atoms with Crippen molar-refractivity contribution < 1.29 is 23.6 Å². The molecule has 8 heteroatoms. The minimum absolute atomic E-state index is 0.0185. The summed E-state index contributed by atoms with van der Waals surface area (Å²) in [7, 11) is 1.29. The molecule has 0 saturated heterocycles. The van der Waals surface area contributed by atoms with Crippen molar-refractivity contribution in [3.05, 3.63) is 67.9 Å². The lowest BCUT2D eigenvalue weighted by Crippen LogP contribution is -2.07. The molecule has 0 saturated carbocycles. The first kappa shape index (κ1) is 16.9. The third-order valence-electron chi connectivity index (χ3n) is 2.99. The van der Waals surface area contributed by atoms with E-state index < -0.39 is 16.7 Å². The Morgan fingerprint density at radius 1 is 1.30 bits per heavy atom. The SMILES string of the molecule is COc1ccc(C(=O)OCc2ccc(Br)cc2F)cc1[N+](=O)[O-]. The number of hydrogen-bond acceptors (Lipinski definition) is 5. The number of benzene rings is 2. The van der Waals surface area contributed by atoms with Gasteiger partial charge in [-0.15, -0.1) is 0 Å². The summed E-state index contributed by atoms with van der Waals surface area (Å²) in [5.74, 6) is -1.28. The zero-order chi connectivity index (χ0) is 17.0. The van der Waals surface area contributed by atoms with Gasteiger partial charge in [0.25, 0.3) is 0 Å². The van der Waals surface area contributed by atoms with Gasteiger partial charge in [-0.05, 0) is 24.3 Å². The highest BCUT2D eigenvalue weighted by Gasteiger charge is 2.19. The lowest BCUT2D eigenvalue weighted by Gasteiger charge is -2.07. The fourth-order valence-electron chi connectivity index (χ4n) is 1.83. The van der Waals surface area contributed by atoms with E-state index in [0.29, 0.717) is 4.47 Å². The van der Waals surface area contributed by atoms with Crippen molar-refractivity contribution in [3.63, 3.8) is 0 Å². The van der Waals surface area contributed by atoms with Gasteiger partial charge in [0.1, 0.15) is 12.4 Å². The molecule has 2 aromatic carbocycles. The second kappa shape index (κ2) is 7.19. The Hall–Kier alpha value is -2.48. The Morgan fingerprint density at radius 2 is 2.04 bits per heavy atom. The van der Waals surface area contributed by atoms with Crippen molar-refractivity contribution in [1.82, 2.24) is 0 Å². The molecule has 0 radical (unpaired) electrons. The number of esters is 1. The van der Waals surface area contributed by atoms with E-state index in [0.717, 1.165) is 6.07 Å². The van der Waals surface area contributed by atoms with Crippen LogP contribution in [0.5, 0.6) is 5.75 Å². The first-order chi connectivity index (χ1) is 10.9. The molecule has 23 heavy (non-hydrogen) atoms. The summed E-state index contributed by atoms with van der Waals surface area (Å²) in [6.07, 6.45) is 0. The smallest absolute Gasteiger partial charge is 0.338 e. The van der Waals surface area contributed by atoms with E-state index in [1.54, 1.807) is 6.07 Å². The van der Waals surface area contributed by atoms with Gasteiger partial charge in [-0.25, -0.2) is 9.18 Å². The third-order valence-corrected chi connectivity index (χ3v) is 3.48. The fraction of sp³-hybridized carbons (Fsp3) is 0.133. The highest BCUT2D eigenvalue weighted by molar-refractivity contribution is 9.10. The van der Waals surface area contributed by atoms with Gasteiger partial charge in [0.2, 0.25) is 0 Å². The van der Waals surface area contributed by atoms with Gasteiger partial charge in [-0.1, -0.05) is 22.0 Å². The number of carbonyl (C=O) groups is 1. The summed E-state index contributed by atoms with van der Waals surface area (Å²) >= 11 is 3.12. The summed E-state index contributed by atoms with van der Waals surface area (Å²) in [6.45, 7) is -0.280. The zero-order valence-corrected chi connectivity index (χ0v) is 13.5. The van der Waals surface area contributed by atoms with Crippen molar-refractivity contribution in [2.45, 2.75) is 6.61 Å². The number of nitrogens with zero attached hydrogens (tertiary/aromatic N) is 1. The molecule has 120 valence electrons. The Morgan fingerprint density at radius 3 is 2.65 bits per heavy atom. The van der Waals surface area contributed by atoms with E-state index in [1.807, 2.05) is 0 Å². The van der Waals surface area contributed by atoms with Gasteiger partial charge < -0.3 is 9.47 Å². The molecule has 0 spiro atoms. The van der Waals surface area contributed by atoms with Crippen molar-refractivity contribution in [2.75, 3.05) is 7.11 Å². The largest absolute Gasteiger partial charge is 0.490 e. The predicted molar refractivity (Wildman–Crippen MR) is 82.9 cm³/mol. The maximum Gasteiger partial charge on any atom is 0.338 e. The molecule has 0 aliphatic carbocycles. The quantitative estimate of drug-likeness (QED) is 0.444. The average Bonchev–Trinajstić information content (AvgIpc) is 2.53. The van der Waals surface area contributed by atoms with Gasteiger partial charge in [0, 0.05) is 16.1 Å². The second-order valence-corrected chi connectivity index (χ2v) is 5.37. The normalized spacial score (nSPS) is 10.2. The van der Waals surface area contributed by atoms with Crippen LogP contribution >= 0.6 is 15.9 Å². The molecule has 0 heterocycles. The monoisotopic (exact) mass is 383 g/mol. The Kier molecular flexibility index (Phi) is 5.28. The molecule has 2 aromatic rings. The van der Waals surface area contributed by atoms with E-state index >= 15 is 0 Å². The molecular formula is C15H11BrFNO5. The highest BCUT2D eigenvalue weighted by Crippen LogP contribution is 2.28. The summed E-state index contributed by atoms with van der Waals surface area (Å²) in [5, 5.41) is 10.9. The molecule has 0 aliphatic heterocycles. The lowest BCUT2D eigenvalue weighted by atomic mass is 10.2. The van der Waals surface area contributed by atoms with Gasteiger partial charge in [0.05, 0.1) is 17.6 Å². The molecule has 0 unspecified atom stereocenters. The Bertz CT molecular complexity index is 766. The zero-order valence-electron chi connectivity index (χ0n) is 11.9. The third kappa shape index (κ3) is 4.04. The van der Waals surface area contributed by atoms with Crippen molar-refractivity contribution in [2.24, 2.45) is 0 Å². The number of nitro benzene ring substituents is 1. The van der Waals surface area contributed by atoms with E-state index in [-0.39, 0.29) is 29.2 Å². The van der Waals surface area contributed by atoms with Crippen LogP contribution in [0.15, 0.2) is 40.9 Å². The highest BCUT2D eigenvalue weighted by atomic mass is 79.9. The van der Waals surface area contributed by atoms with E-state index in [1.165, 1.54) is 31.4 Å². The van der Waals surface area contributed by atoms with E-state index in [9.17, 15) is 19.3 Å². The number of methoxy groups -OCH3 is 1. The van der Waals surface area contributed by atoms with Crippen LogP contribution in [0.1, 0.15) is 15.9 Å². The molecular weight excluding hydrogens is 373 g/mol. The maximum absolute atomic E-state index is 13.6. The molecule has 0 amide bonds. The number of nitro groups is 1. The molecule has 0 bridgehead atoms. The molecule has 0 N–H and O–H groups in total. The molecule has 0 aromatic heterocycles. The lowest BCUT2D eigenvalue weighted by molar-refractivity contribution is -0.385. The first-order valence-corrected chi connectivity index (χ1v) is 7.15. The van der Waals surface area contributed by atoms with Gasteiger partial charge >= 0.3 is 11.7 Å². The van der Waals surface area contributed by atoms with Crippen molar-refractivity contribution in [3.8, 4) is 5.75 Å². The minimum Gasteiger partial charge on any atom is -0.490 e.